The topological polar surface area (TPSA) is 111 Å². The number of nitrogen functional groups attached to an aromatic ring is 1. The average Bonchev–Trinajstić information content (AvgIpc) is 2.61. The van der Waals surface area contributed by atoms with Crippen LogP contribution in [0.15, 0.2) is 47.3 Å². The molecule has 3 radical (unpaired) electrons. The number of carbonyl (C=O) groups excluding carboxylic acids is 1. The van der Waals surface area contributed by atoms with Crippen LogP contribution in [0.3, 0.4) is 0 Å². The van der Waals surface area contributed by atoms with Crippen LogP contribution in [-0.2, 0) is 0 Å². The number of phenols is 1. The van der Waals surface area contributed by atoms with Crippen LogP contribution in [0, 0.1) is 13.8 Å². The third-order valence-corrected chi connectivity index (χ3v) is 4.70. The number of hydrogen-bond donors (Lipinski definition) is 3. The summed E-state index contributed by atoms with van der Waals surface area (Å²) in [5.41, 5.74) is 13.5. The van der Waals surface area contributed by atoms with Gasteiger partial charge in [-0.15, -0.1) is 0 Å². The molecule has 0 aliphatic heterocycles. The van der Waals surface area contributed by atoms with Crippen molar-refractivity contribution in [3.05, 3.63) is 74.5 Å². The molecule has 28 heavy (non-hydrogen) atoms. The van der Waals surface area contributed by atoms with Crippen molar-refractivity contribution in [2.45, 2.75) is 13.8 Å². The van der Waals surface area contributed by atoms with Gasteiger partial charge in [-0.05, 0) is 49.2 Å². The number of amides is 1. The highest BCUT2D eigenvalue weighted by Crippen LogP contribution is 2.30. The first-order valence-electron chi connectivity index (χ1n) is 8.13. The van der Waals surface area contributed by atoms with E-state index in [1.807, 2.05) is 0 Å². The summed E-state index contributed by atoms with van der Waals surface area (Å²) in [6.45, 7) is 3.45. The van der Waals surface area contributed by atoms with Crippen LogP contribution in [0.2, 0.25) is 5.02 Å². The van der Waals surface area contributed by atoms with Crippen LogP contribution in [-0.4, -0.2) is 24.0 Å². The summed E-state index contributed by atoms with van der Waals surface area (Å²) >= 11 is 6.05. The molecule has 2 aromatic carbocycles. The second-order valence-corrected chi connectivity index (χ2v) is 6.68. The van der Waals surface area contributed by atoms with Crippen LogP contribution in [0.5, 0.6) is 5.75 Å². The minimum absolute atomic E-state index is 0. The summed E-state index contributed by atoms with van der Waals surface area (Å²) in [5, 5.41) is 10.5. The van der Waals surface area contributed by atoms with E-state index in [1.54, 1.807) is 44.2 Å². The van der Waals surface area contributed by atoms with Crippen molar-refractivity contribution in [3.63, 3.8) is 0 Å². The largest absolute Gasteiger partial charge is 0.508 e. The number of primary amides is 1. The Kier molecular flexibility index (Phi) is 5.90. The van der Waals surface area contributed by atoms with E-state index in [-0.39, 0.29) is 31.1 Å². The van der Waals surface area contributed by atoms with Gasteiger partial charge in [-0.1, -0.05) is 29.8 Å². The van der Waals surface area contributed by atoms with Crippen LogP contribution >= 0.6 is 11.6 Å². The van der Waals surface area contributed by atoms with E-state index in [9.17, 15) is 14.7 Å². The average molecular weight is 395 g/mol. The highest BCUT2D eigenvalue weighted by molar-refractivity contribution is 6.30. The van der Waals surface area contributed by atoms with E-state index in [0.717, 1.165) is 0 Å². The lowest BCUT2D eigenvalue weighted by Gasteiger charge is -2.19. The maximum absolute atomic E-state index is 13.3. The highest BCUT2D eigenvalue weighted by atomic mass is 35.5. The van der Waals surface area contributed by atoms with Gasteiger partial charge in [0.15, 0.2) is 0 Å². The maximum Gasteiger partial charge on any atom is 0.264 e. The number of carbonyl (C=O) groups is 1. The molecule has 8 heteroatoms. The molecule has 0 saturated heterocycles. The molecular formula is C20H18BClN3O3. The van der Waals surface area contributed by atoms with E-state index in [0.29, 0.717) is 27.4 Å². The van der Waals surface area contributed by atoms with E-state index in [2.05, 4.69) is 0 Å². The van der Waals surface area contributed by atoms with Crippen molar-refractivity contribution in [1.29, 1.82) is 0 Å². The zero-order chi connectivity index (χ0) is 19.9. The Morgan fingerprint density at radius 3 is 2.43 bits per heavy atom. The first-order chi connectivity index (χ1) is 12.7. The molecule has 0 aliphatic rings. The monoisotopic (exact) mass is 394 g/mol. The number of aromatic hydroxyl groups is 1. The smallest absolute Gasteiger partial charge is 0.264 e. The number of anilines is 1. The van der Waals surface area contributed by atoms with Gasteiger partial charge in [0.25, 0.3) is 11.5 Å². The lowest BCUT2D eigenvalue weighted by Crippen LogP contribution is -2.28. The molecule has 0 saturated carbocycles. The van der Waals surface area contributed by atoms with Crippen molar-refractivity contribution in [2.75, 3.05) is 5.73 Å². The molecule has 0 bridgehead atoms. The normalized spacial score (nSPS) is 10.4. The Labute approximate surface area is 168 Å². The maximum atomic E-state index is 13.3. The van der Waals surface area contributed by atoms with Gasteiger partial charge >= 0.3 is 0 Å². The zero-order valence-electron chi connectivity index (χ0n) is 15.4. The molecule has 0 spiro atoms. The molecule has 1 heterocycles. The van der Waals surface area contributed by atoms with Gasteiger partial charge in [-0.2, -0.15) is 0 Å². The van der Waals surface area contributed by atoms with Crippen molar-refractivity contribution in [2.24, 2.45) is 5.73 Å². The van der Waals surface area contributed by atoms with Crippen LogP contribution in [0.1, 0.15) is 21.5 Å². The van der Waals surface area contributed by atoms with Gasteiger partial charge in [0.1, 0.15) is 11.6 Å². The molecule has 1 aromatic heterocycles. The van der Waals surface area contributed by atoms with E-state index in [1.165, 1.54) is 16.7 Å². The molecule has 6 nitrogen and oxygen atoms in total. The Bertz CT molecular complexity index is 1140. The summed E-state index contributed by atoms with van der Waals surface area (Å²) in [4.78, 5) is 25.3. The number of nitrogens with zero attached hydrogens (tertiary/aromatic N) is 1. The minimum Gasteiger partial charge on any atom is -0.508 e. The second-order valence-electron chi connectivity index (χ2n) is 6.25. The van der Waals surface area contributed by atoms with Gasteiger partial charge in [-0.3, -0.25) is 14.2 Å². The van der Waals surface area contributed by atoms with Crippen LogP contribution in [0.4, 0.5) is 5.82 Å². The minimum atomic E-state index is -0.764. The number of aromatic nitrogens is 1. The second kappa shape index (κ2) is 7.82. The molecule has 0 atom stereocenters. The number of phenolic OH excluding ortho intramolecular Hbond substituents is 1. The molecule has 0 fully saturated rings. The van der Waals surface area contributed by atoms with E-state index < -0.39 is 11.5 Å². The molecule has 3 aromatic rings. The molecule has 3 rings (SSSR count). The predicted molar refractivity (Wildman–Crippen MR) is 112 cm³/mol. The van der Waals surface area contributed by atoms with E-state index in [4.69, 9.17) is 23.1 Å². The van der Waals surface area contributed by atoms with Crippen molar-refractivity contribution in [3.8, 4) is 22.6 Å². The number of benzene rings is 2. The standard InChI is InChI=1S/C20H18ClN3O3.B/c1-10-6-7-16(25)11(2)17(10)24-18(22)15(19(23)26)9-14(20(24)27)12-4-3-5-13(21)8-12;/h3-9,25H,22H2,1-2H3,(H2,23,26);. The Balaban J connectivity index is 0.00000280. The summed E-state index contributed by atoms with van der Waals surface area (Å²) in [6.07, 6.45) is 0. The quantitative estimate of drug-likeness (QED) is 0.593. The van der Waals surface area contributed by atoms with Crippen LogP contribution < -0.4 is 17.0 Å². The number of nitrogens with two attached hydrogens (primary N) is 2. The molecule has 0 aliphatic carbocycles. The molecule has 5 N–H and O–H groups in total. The summed E-state index contributed by atoms with van der Waals surface area (Å²) in [6, 6.07) is 11.3. The Morgan fingerprint density at radius 2 is 1.82 bits per heavy atom. The number of hydrogen-bond acceptors (Lipinski definition) is 4. The molecule has 141 valence electrons. The zero-order valence-corrected chi connectivity index (χ0v) is 16.1. The first kappa shape index (κ1) is 21.1. The van der Waals surface area contributed by atoms with Gasteiger partial charge in [-0.25, -0.2) is 0 Å². The fourth-order valence-electron chi connectivity index (χ4n) is 3.08. The van der Waals surface area contributed by atoms with Crippen molar-refractivity contribution < 1.29 is 9.90 Å². The third kappa shape index (κ3) is 3.49. The third-order valence-electron chi connectivity index (χ3n) is 4.47. The lowest BCUT2D eigenvalue weighted by molar-refractivity contribution is 0.100. The lowest BCUT2D eigenvalue weighted by atomic mass is 10.0. The Hall–Kier alpha value is -3.19. The summed E-state index contributed by atoms with van der Waals surface area (Å²) < 4.78 is 1.21. The van der Waals surface area contributed by atoms with Crippen LogP contribution in [0.25, 0.3) is 16.8 Å². The SMILES string of the molecule is Cc1ccc(O)c(C)c1-n1c(N)c(C(N)=O)cc(-c2cccc(Cl)c2)c1=O.[B]. The molecular weight excluding hydrogens is 377 g/mol. The van der Waals surface area contributed by atoms with Gasteiger partial charge in [0, 0.05) is 24.6 Å². The van der Waals surface area contributed by atoms with Gasteiger partial charge in [0.2, 0.25) is 0 Å². The van der Waals surface area contributed by atoms with Gasteiger partial charge in [0.05, 0.1) is 11.3 Å². The fourth-order valence-corrected chi connectivity index (χ4v) is 3.27. The molecule has 0 unspecified atom stereocenters. The highest BCUT2D eigenvalue weighted by Gasteiger charge is 2.21. The van der Waals surface area contributed by atoms with E-state index >= 15 is 0 Å². The number of aryl methyl sites for hydroxylation is 1. The van der Waals surface area contributed by atoms with Gasteiger partial charge < -0.3 is 16.6 Å². The number of rotatable bonds is 3. The Morgan fingerprint density at radius 1 is 1.14 bits per heavy atom. The first-order valence-corrected chi connectivity index (χ1v) is 8.51. The summed E-state index contributed by atoms with van der Waals surface area (Å²) in [7, 11) is 0. The molecule has 1 amide bonds. The summed E-state index contributed by atoms with van der Waals surface area (Å²) in [5.74, 6) is -0.842. The number of pyridine rings is 1. The predicted octanol–water partition coefficient (Wildman–Crippen LogP) is 2.78. The van der Waals surface area contributed by atoms with Crippen molar-refractivity contribution >= 4 is 31.7 Å². The fraction of sp³-hybridized carbons (Fsp3) is 0.100. The van der Waals surface area contributed by atoms with Crippen molar-refractivity contribution in [1.82, 2.24) is 4.57 Å². The number of halogens is 1.